The first-order valence-corrected chi connectivity index (χ1v) is 10.6. The number of nitrogens with zero attached hydrogens (tertiary/aromatic N) is 1. The molecule has 1 aromatic heterocycles. The number of aryl methyl sites for hydroxylation is 2. The van der Waals surface area contributed by atoms with Crippen LogP contribution >= 0.6 is 11.3 Å². The van der Waals surface area contributed by atoms with E-state index in [0.29, 0.717) is 10.7 Å². The lowest BCUT2D eigenvalue weighted by Gasteiger charge is -2.07. The number of thiazole rings is 1. The Hall–Kier alpha value is -2.75. The number of aromatic nitrogens is 1. The molecule has 9 heteroatoms. The number of ether oxygens (including phenoxy) is 1. The van der Waals surface area contributed by atoms with Crippen LogP contribution in [0.25, 0.3) is 11.3 Å². The molecule has 0 atom stereocenters. The average molecular weight is 418 g/mol. The van der Waals surface area contributed by atoms with Crippen molar-refractivity contribution in [2.45, 2.75) is 18.7 Å². The lowest BCUT2D eigenvalue weighted by Crippen LogP contribution is -2.17. The van der Waals surface area contributed by atoms with Crippen LogP contribution in [-0.2, 0) is 10.0 Å². The Morgan fingerprint density at radius 1 is 1.14 bits per heavy atom. The molecular formula is C19H19N3O4S2. The average Bonchev–Trinajstić information content (AvgIpc) is 3.01. The zero-order chi connectivity index (χ0) is 20.5. The van der Waals surface area contributed by atoms with Gasteiger partial charge in [0.1, 0.15) is 5.75 Å². The van der Waals surface area contributed by atoms with Gasteiger partial charge in [-0.3, -0.25) is 10.1 Å². The molecule has 0 radical (unpaired) electrons. The van der Waals surface area contributed by atoms with Crippen LogP contribution < -0.4 is 15.2 Å². The summed E-state index contributed by atoms with van der Waals surface area (Å²) in [4.78, 5) is 18.0. The van der Waals surface area contributed by atoms with Crippen LogP contribution in [-0.4, -0.2) is 26.4 Å². The summed E-state index contributed by atoms with van der Waals surface area (Å²) in [6.45, 7) is 3.64. The third-order valence-electron chi connectivity index (χ3n) is 4.16. The fourth-order valence-corrected chi connectivity index (χ4v) is 4.02. The fourth-order valence-electron chi connectivity index (χ4n) is 2.65. The number of methoxy groups -OCH3 is 1. The molecule has 28 heavy (non-hydrogen) atoms. The van der Waals surface area contributed by atoms with Crippen molar-refractivity contribution in [1.82, 2.24) is 4.98 Å². The molecule has 0 spiro atoms. The number of rotatable bonds is 5. The van der Waals surface area contributed by atoms with Crippen LogP contribution in [0.5, 0.6) is 5.75 Å². The molecule has 1 amide bonds. The molecule has 3 N–H and O–H groups in total. The molecule has 3 rings (SSSR count). The number of hydrogen-bond donors (Lipinski definition) is 2. The van der Waals surface area contributed by atoms with Crippen LogP contribution in [0.1, 0.15) is 20.8 Å². The summed E-state index contributed by atoms with van der Waals surface area (Å²) in [5.41, 5.74) is 2.53. The number of carbonyl (C=O) groups excluding carboxylic acids is 1. The Balaban J connectivity index is 1.87. The van der Waals surface area contributed by atoms with Gasteiger partial charge in [-0.25, -0.2) is 18.5 Å². The minimum Gasteiger partial charge on any atom is -0.497 e. The first kappa shape index (κ1) is 20.0. The zero-order valence-corrected chi connectivity index (χ0v) is 17.1. The number of carbonyl (C=O) groups is 1. The van der Waals surface area contributed by atoms with Crippen LogP contribution in [0, 0.1) is 13.8 Å². The van der Waals surface area contributed by atoms with Crippen molar-refractivity contribution in [3.05, 3.63) is 58.5 Å². The fraction of sp³-hybridized carbons (Fsp3) is 0.158. The van der Waals surface area contributed by atoms with Gasteiger partial charge < -0.3 is 4.74 Å². The third kappa shape index (κ3) is 4.22. The maximum absolute atomic E-state index is 12.7. The maximum atomic E-state index is 12.7. The highest BCUT2D eigenvalue weighted by Gasteiger charge is 2.17. The van der Waals surface area contributed by atoms with Crippen molar-refractivity contribution in [3.63, 3.8) is 0 Å². The van der Waals surface area contributed by atoms with Crippen LogP contribution in [0.2, 0.25) is 0 Å². The van der Waals surface area contributed by atoms with E-state index < -0.39 is 15.9 Å². The van der Waals surface area contributed by atoms with Gasteiger partial charge in [0.05, 0.1) is 17.7 Å². The van der Waals surface area contributed by atoms with Crippen molar-refractivity contribution >= 4 is 32.4 Å². The van der Waals surface area contributed by atoms with Gasteiger partial charge in [-0.05, 0) is 55.8 Å². The minimum absolute atomic E-state index is 0.113. The zero-order valence-electron chi connectivity index (χ0n) is 15.5. The van der Waals surface area contributed by atoms with Gasteiger partial charge in [0.2, 0.25) is 10.0 Å². The van der Waals surface area contributed by atoms with E-state index in [-0.39, 0.29) is 10.5 Å². The summed E-state index contributed by atoms with van der Waals surface area (Å²) in [5.74, 6) is 0.299. The van der Waals surface area contributed by atoms with Gasteiger partial charge in [0.15, 0.2) is 5.13 Å². The van der Waals surface area contributed by atoms with E-state index in [9.17, 15) is 13.2 Å². The number of nitrogens with two attached hydrogens (primary N) is 1. The monoisotopic (exact) mass is 417 g/mol. The molecule has 0 bridgehead atoms. The van der Waals surface area contributed by atoms with Crippen molar-refractivity contribution < 1.29 is 17.9 Å². The molecule has 146 valence electrons. The topological polar surface area (TPSA) is 111 Å². The van der Waals surface area contributed by atoms with Crippen molar-refractivity contribution in [2.75, 3.05) is 12.4 Å². The SMILES string of the molecule is COc1ccc(-c2nc(NC(=O)c3cc(S(N)(=O)=O)ccc3C)sc2C)cc1. The molecule has 0 fully saturated rings. The molecule has 1 heterocycles. The summed E-state index contributed by atoms with van der Waals surface area (Å²) in [6.07, 6.45) is 0. The summed E-state index contributed by atoms with van der Waals surface area (Å²) in [7, 11) is -2.30. The Morgan fingerprint density at radius 2 is 1.82 bits per heavy atom. The Morgan fingerprint density at radius 3 is 2.43 bits per heavy atom. The van der Waals surface area contributed by atoms with Crippen molar-refractivity contribution in [3.8, 4) is 17.0 Å². The quantitative estimate of drug-likeness (QED) is 0.661. The van der Waals surface area contributed by atoms with E-state index in [4.69, 9.17) is 9.88 Å². The van der Waals surface area contributed by atoms with Gasteiger partial charge >= 0.3 is 0 Å². The molecular weight excluding hydrogens is 398 g/mol. The van der Waals surface area contributed by atoms with E-state index in [1.54, 1.807) is 20.1 Å². The number of nitrogens with one attached hydrogen (secondary N) is 1. The van der Waals surface area contributed by atoms with E-state index in [1.165, 1.54) is 23.5 Å². The van der Waals surface area contributed by atoms with Crippen LogP contribution in [0.3, 0.4) is 0 Å². The first-order chi connectivity index (χ1) is 13.2. The van der Waals surface area contributed by atoms with Crippen LogP contribution in [0.15, 0.2) is 47.4 Å². The summed E-state index contributed by atoms with van der Waals surface area (Å²) in [5, 5.41) is 8.32. The molecule has 7 nitrogen and oxygen atoms in total. The molecule has 3 aromatic rings. The number of hydrogen-bond acceptors (Lipinski definition) is 6. The molecule has 0 aliphatic rings. The van der Waals surface area contributed by atoms with Crippen LogP contribution in [0.4, 0.5) is 5.13 Å². The standard InChI is InChI=1S/C19H19N3O4S2/c1-11-4-9-15(28(20,24)25)10-16(11)18(23)22-19-21-17(12(2)27-19)13-5-7-14(26-3)8-6-13/h4-10H,1-3H3,(H2,20,24,25)(H,21,22,23). The second kappa shape index (κ2) is 7.70. The molecule has 0 aliphatic carbocycles. The predicted octanol–water partition coefficient (Wildman–Crippen LogP) is 3.34. The van der Waals surface area contributed by atoms with E-state index >= 15 is 0 Å². The second-order valence-corrected chi connectivity index (χ2v) is 8.89. The largest absolute Gasteiger partial charge is 0.497 e. The lowest BCUT2D eigenvalue weighted by atomic mass is 10.1. The first-order valence-electron chi connectivity index (χ1n) is 8.25. The van der Waals surface area contributed by atoms with Gasteiger partial charge in [-0.15, -0.1) is 11.3 Å². The normalized spacial score (nSPS) is 11.3. The number of benzene rings is 2. The third-order valence-corrected chi connectivity index (χ3v) is 5.96. The molecule has 0 unspecified atom stereocenters. The van der Waals surface area contributed by atoms with E-state index in [1.807, 2.05) is 31.2 Å². The summed E-state index contributed by atoms with van der Waals surface area (Å²) >= 11 is 1.34. The van der Waals surface area contributed by atoms with Gasteiger partial charge in [-0.1, -0.05) is 6.07 Å². The summed E-state index contributed by atoms with van der Waals surface area (Å²) in [6, 6.07) is 11.7. The highest BCUT2D eigenvalue weighted by molar-refractivity contribution is 7.89. The molecule has 0 aliphatic heterocycles. The van der Waals surface area contributed by atoms with Gasteiger partial charge in [-0.2, -0.15) is 0 Å². The number of anilines is 1. The molecule has 0 saturated heterocycles. The van der Waals surface area contributed by atoms with Crippen molar-refractivity contribution in [1.29, 1.82) is 0 Å². The van der Waals surface area contributed by atoms with Gasteiger partial charge in [0.25, 0.3) is 5.91 Å². The Labute approximate surface area is 167 Å². The molecule has 2 aromatic carbocycles. The summed E-state index contributed by atoms with van der Waals surface area (Å²) < 4.78 is 28.3. The smallest absolute Gasteiger partial charge is 0.257 e. The van der Waals surface area contributed by atoms with Gasteiger partial charge in [0, 0.05) is 16.0 Å². The highest BCUT2D eigenvalue weighted by Crippen LogP contribution is 2.31. The minimum atomic E-state index is -3.90. The number of sulfonamides is 1. The Kier molecular flexibility index (Phi) is 5.50. The number of primary sulfonamides is 1. The maximum Gasteiger partial charge on any atom is 0.257 e. The number of amides is 1. The lowest BCUT2D eigenvalue weighted by molar-refractivity contribution is 0.102. The second-order valence-electron chi connectivity index (χ2n) is 6.13. The van der Waals surface area contributed by atoms with Crippen molar-refractivity contribution in [2.24, 2.45) is 5.14 Å². The van der Waals surface area contributed by atoms with E-state index in [2.05, 4.69) is 10.3 Å². The highest BCUT2D eigenvalue weighted by atomic mass is 32.2. The predicted molar refractivity (Wildman–Crippen MR) is 109 cm³/mol. The molecule has 0 saturated carbocycles. The Bertz CT molecular complexity index is 1140. The van der Waals surface area contributed by atoms with E-state index in [0.717, 1.165) is 21.9 Å².